The van der Waals surface area contributed by atoms with Crippen LogP contribution in [0.1, 0.15) is 11.1 Å². The second kappa shape index (κ2) is 14.6. The third-order valence-electron chi connectivity index (χ3n) is 12.2. The highest BCUT2D eigenvalue weighted by Crippen LogP contribution is 2.68. The molecule has 10 aromatic rings. The molecule has 2 nitrogen and oxygen atoms in total. The summed E-state index contributed by atoms with van der Waals surface area (Å²) in [6, 6.07) is 72.8. The van der Waals surface area contributed by atoms with Crippen molar-refractivity contribution in [3.8, 4) is 33.4 Å². The molecule has 0 fully saturated rings. The molecule has 0 N–H and O–H groups in total. The second-order valence-electron chi connectivity index (χ2n) is 16.0. The monoisotopic (exact) mass is 786 g/mol. The molecule has 0 aliphatic carbocycles. The number of pyridine rings is 1. The Labute approximate surface area is 353 Å². The number of aromatic nitrogens is 1. The van der Waals surface area contributed by atoms with E-state index in [1.807, 2.05) is 18.3 Å². The summed E-state index contributed by atoms with van der Waals surface area (Å²) in [5.74, 6) is 0.881. The fourth-order valence-corrected chi connectivity index (χ4v) is 11.8. The fraction of sp³-hybridized carbons (Fsp3) is 0.0351. The predicted octanol–water partition coefficient (Wildman–Crippen LogP) is 16.0. The molecule has 0 saturated carbocycles. The van der Waals surface area contributed by atoms with Crippen LogP contribution in [0.15, 0.2) is 216 Å². The maximum Gasteiger partial charge on any atom is 0.137 e. The molecule has 60 heavy (non-hydrogen) atoms. The van der Waals surface area contributed by atoms with Crippen molar-refractivity contribution in [2.45, 2.75) is 9.79 Å². The zero-order valence-electron chi connectivity index (χ0n) is 33.6. The Morgan fingerprint density at radius 3 is 1.57 bits per heavy atom. The van der Waals surface area contributed by atoms with E-state index in [2.05, 4.69) is 218 Å². The second-order valence-corrected chi connectivity index (χ2v) is 19.5. The Hall–Kier alpha value is -7.20. The van der Waals surface area contributed by atoms with Crippen LogP contribution in [0.3, 0.4) is 0 Å². The third-order valence-corrected chi connectivity index (χ3v) is 15.0. The molecular weight excluding hydrogens is 745 g/mol. The van der Waals surface area contributed by atoms with Crippen molar-refractivity contribution in [2.24, 2.45) is 0 Å². The lowest BCUT2D eigenvalue weighted by molar-refractivity contribution is 1.18. The summed E-state index contributed by atoms with van der Waals surface area (Å²) in [7, 11) is -1.30. The van der Waals surface area contributed by atoms with Gasteiger partial charge in [-0.05, 0) is 138 Å². The lowest BCUT2D eigenvalue weighted by Crippen LogP contribution is -2.11. The van der Waals surface area contributed by atoms with Gasteiger partial charge >= 0.3 is 0 Å². The zero-order valence-corrected chi connectivity index (χ0v) is 34.4. The Morgan fingerprint density at radius 2 is 0.933 bits per heavy atom. The van der Waals surface area contributed by atoms with Crippen LogP contribution in [0, 0.1) is 0 Å². The third kappa shape index (κ3) is 6.01. The van der Waals surface area contributed by atoms with Crippen molar-refractivity contribution in [3.63, 3.8) is 0 Å². The van der Waals surface area contributed by atoms with Crippen molar-refractivity contribution >= 4 is 71.7 Å². The number of benzene rings is 9. The smallest absolute Gasteiger partial charge is 0.137 e. The van der Waals surface area contributed by atoms with Crippen LogP contribution in [0.25, 0.3) is 77.9 Å². The number of hydrogen-bond acceptors (Lipinski definition) is 2. The number of nitrogens with zero attached hydrogens (tertiary/aromatic N) is 2. The molecule has 0 bridgehead atoms. The van der Waals surface area contributed by atoms with Gasteiger partial charge in [0.05, 0.1) is 0 Å². The molecule has 11 rings (SSSR count). The summed E-state index contributed by atoms with van der Waals surface area (Å²) in [6.07, 6.45) is 11.3. The van der Waals surface area contributed by atoms with Crippen LogP contribution in [0.4, 0.5) is 17.2 Å². The van der Waals surface area contributed by atoms with Crippen molar-refractivity contribution in [1.82, 2.24) is 4.98 Å². The van der Waals surface area contributed by atoms with Crippen LogP contribution >= 0.6 is 10.0 Å². The molecule has 1 aliphatic heterocycles. The molecular formula is C57H42N2S. The summed E-state index contributed by atoms with van der Waals surface area (Å²) in [5.41, 5.74) is 12.3. The highest BCUT2D eigenvalue weighted by atomic mass is 32.3. The van der Waals surface area contributed by atoms with E-state index in [0.717, 1.165) is 22.8 Å². The summed E-state index contributed by atoms with van der Waals surface area (Å²) >= 11 is 0. The number of anilines is 3. The Kier molecular flexibility index (Phi) is 8.72. The van der Waals surface area contributed by atoms with Gasteiger partial charge in [-0.15, -0.1) is 0 Å². The molecule has 2 heterocycles. The van der Waals surface area contributed by atoms with Gasteiger partial charge in [0.2, 0.25) is 0 Å². The molecule has 0 unspecified atom stereocenters. The van der Waals surface area contributed by atoms with E-state index >= 15 is 0 Å². The first-order valence-electron chi connectivity index (χ1n) is 20.5. The van der Waals surface area contributed by atoms with Gasteiger partial charge in [0.25, 0.3) is 0 Å². The maximum absolute atomic E-state index is 4.93. The topological polar surface area (TPSA) is 16.1 Å². The summed E-state index contributed by atoms with van der Waals surface area (Å²) in [6.45, 7) is 0. The standard InChI is InChI=1S/C57H42N2S/c1-60(2)53-36-39(28-29-40-31-35-55(58-38-40)59(43-18-5-3-6-19-43)44-20-7-4-8-21-44)30-33-46(53)47-34-32-42(37-54(47)60)56-49-23-11-13-25-51(49)57(52-26-14-12-24-50(52)56)48-27-15-17-41-16-9-10-22-45(41)48/h3-38H,1-2H3. The number of para-hydroxylation sites is 2. The van der Waals surface area contributed by atoms with Crippen molar-refractivity contribution in [1.29, 1.82) is 0 Å². The first kappa shape index (κ1) is 35.9. The highest BCUT2D eigenvalue weighted by molar-refractivity contribution is 8.33. The molecule has 286 valence electrons. The fourth-order valence-electron chi connectivity index (χ4n) is 9.29. The molecule has 0 amide bonds. The van der Waals surface area contributed by atoms with Gasteiger partial charge in [-0.25, -0.2) is 4.98 Å². The first-order chi connectivity index (χ1) is 29.5. The molecule has 0 radical (unpaired) electrons. The predicted molar refractivity (Wildman–Crippen MR) is 259 cm³/mol. The number of rotatable bonds is 7. The first-order valence-corrected chi connectivity index (χ1v) is 23.0. The van der Waals surface area contributed by atoms with E-state index in [0.29, 0.717) is 0 Å². The average molecular weight is 787 g/mol. The summed E-state index contributed by atoms with van der Waals surface area (Å²) in [4.78, 5) is 10.0. The molecule has 0 saturated heterocycles. The maximum atomic E-state index is 4.93. The molecule has 9 aromatic carbocycles. The lowest BCUT2D eigenvalue weighted by atomic mass is 9.84. The average Bonchev–Trinajstić information content (AvgIpc) is 3.53. The summed E-state index contributed by atoms with van der Waals surface area (Å²) in [5, 5.41) is 7.67. The number of hydrogen-bond donors (Lipinski definition) is 0. The minimum atomic E-state index is -1.30. The van der Waals surface area contributed by atoms with E-state index in [1.54, 1.807) is 0 Å². The van der Waals surface area contributed by atoms with Crippen LogP contribution in [0.5, 0.6) is 0 Å². The van der Waals surface area contributed by atoms with Crippen molar-refractivity contribution in [3.05, 3.63) is 218 Å². The van der Waals surface area contributed by atoms with Crippen molar-refractivity contribution in [2.75, 3.05) is 17.4 Å². The zero-order chi connectivity index (χ0) is 40.2. The highest BCUT2D eigenvalue weighted by Gasteiger charge is 2.32. The largest absolute Gasteiger partial charge is 0.295 e. The van der Waals surface area contributed by atoms with Crippen LogP contribution in [-0.4, -0.2) is 17.5 Å². The van der Waals surface area contributed by atoms with Crippen LogP contribution in [0.2, 0.25) is 0 Å². The van der Waals surface area contributed by atoms with Gasteiger partial charge in [-0.1, -0.05) is 164 Å². The van der Waals surface area contributed by atoms with Crippen molar-refractivity contribution < 1.29 is 0 Å². The van der Waals surface area contributed by atoms with Crippen LogP contribution in [-0.2, 0) is 0 Å². The number of fused-ring (bicyclic) bond motifs is 6. The van der Waals surface area contributed by atoms with E-state index < -0.39 is 10.0 Å². The Balaban J connectivity index is 0.944. The molecule has 0 spiro atoms. The Bertz CT molecular complexity index is 3180. The minimum Gasteiger partial charge on any atom is -0.295 e. The summed E-state index contributed by atoms with van der Waals surface area (Å²) < 4.78 is 0. The van der Waals surface area contributed by atoms with Gasteiger partial charge in [-0.3, -0.25) is 4.90 Å². The van der Waals surface area contributed by atoms with Gasteiger partial charge in [0, 0.05) is 27.4 Å². The Morgan fingerprint density at radius 1 is 0.417 bits per heavy atom. The van der Waals surface area contributed by atoms with Crippen LogP contribution < -0.4 is 4.90 Å². The lowest BCUT2D eigenvalue weighted by Gasteiger charge is -2.29. The van der Waals surface area contributed by atoms with Gasteiger partial charge < -0.3 is 0 Å². The van der Waals surface area contributed by atoms with Gasteiger partial charge in [0.1, 0.15) is 5.82 Å². The van der Waals surface area contributed by atoms with E-state index in [-0.39, 0.29) is 0 Å². The quantitative estimate of drug-likeness (QED) is 0.150. The SMILES string of the molecule is CS1(C)c2cc(C=Cc3ccc(N(c4ccccc4)c4ccccc4)nc3)ccc2-c2ccc(-c3c4ccccc4c(-c4cccc5ccccc45)c4ccccc34)cc21. The normalized spacial score (nSPS) is 13.4. The van der Waals surface area contributed by atoms with E-state index in [1.165, 1.54) is 81.1 Å². The minimum absolute atomic E-state index is 0.881. The van der Waals surface area contributed by atoms with Gasteiger partial charge in [-0.2, -0.15) is 10.0 Å². The van der Waals surface area contributed by atoms with E-state index in [9.17, 15) is 0 Å². The molecule has 1 aliphatic rings. The molecule has 1 aromatic heterocycles. The molecule has 0 atom stereocenters. The van der Waals surface area contributed by atoms with E-state index in [4.69, 9.17) is 4.98 Å². The molecule has 3 heteroatoms. The van der Waals surface area contributed by atoms with Gasteiger partial charge in [0.15, 0.2) is 0 Å².